The van der Waals surface area contributed by atoms with E-state index < -0.39 is 16.1 Å². The van der Waals surface area contributed by atoms with Crippen molar-refractivity contribution < 1.29 is 13.2 Å². The Morgan fingerprint density at radius 1 is 1.16 bits per heavy atom. The maximum Gasteiger partial charge on any atom is 0.263 e. The van der Waals surface area contributed by atoms with E-state index in [1.807, 2.05) is 4.90 Å². The summed E-state index contributed by atoms with van der Waals surface area (Å²) in [4.78, 5) is 23.7. The van der Waals surface area contributed by atoms with E-state index in [-0.39, 0.29) is 16.6 Å². The van der Waals surface area contributed by atoms with Gasteiger partial charge >= 0.3 is 0 Å². The average molecular weight is 461 g/mol. The molecular weight excluding hydrogens is 432 g/mol. The minimum absolute atomic E-state index is 0.0136. The van der Waals surface area contributed by atoms with Crippen LogP contribution in [0.25, 0.3) is 0 Å². The summed E-state index contributed by atoms with van der Waals surface area (Å²) in [6.45, 7) is 5.98. The third kappa shape index (κ3) is 4.99. The molecule has 1 aromatic heterocycles. The Hall–Kier alpha value is -2.23. The van der Waals surface area contributed by atoms with Crippen LogP contribution in [0.5, 0.6) is 0 Å². The van der Waals surface area contributed by atoms with E-state index in [1.165, 1.54) is 4.88 Å². The molecule has 9 heteroatoms. The van der Waals surface area contributed by atoms with Gasteiger partial charge in [0.2, 0.25) is 5.91 Å². The predicted octanol–water partition coefficient (Wildman–Crippen LogP) is 2.69. The van der Waals surface area contributed by atoms with Crippen molar-refractivity contribution in [3.05, 3.63) is 52.2 Å². The number of thiophene rings is 1. The van der Waals surface area contributed by atoms with E-state index in [1.54, 1.807) is 35.6 Å². The molecule has 2 aliphatic rings. The number of nitrogens with zero attached hydrogens (tertiary/aromatic N) is 3. The van der Waals surface area contributed by atoms with Crippen LogP contribution in [-0.2, 0) is 21.4 Å². The second-order valence-corrected chi connectivity index (χ2v) is 10.6. The zero-order valence-electron chi connectivity index (χ0n) is 17.7. The quantitative estimate of drug-likeness (QED) is 0.689. The number of carbonyl (C=O) groups excluding carboxylic acids is 1. The first kappa shape index (κ1) is 22.0. The number of amidine groups is 1. The van der Waals surface area contributed by atoms with Crippen molar-refractivity contribution in [1.29, 1.82) is 0 Å². The summed E-state index contributed by atoms with van der Waals surface area (Å²) in [6, 6.07) is 10.4. The van der Waals surface area contributed by atoms with Crippen molar-refractivity contribution in [3.8, 4) is 0 Å². The number of piperazine rings is 1. The van der Waals surface area contributed by atoms with Crippen LogP contribution in [0.3, 0.4) is 0 Å². The van der Waals surface area contributed by atoms with Gasteiger partial charge in [0.05, 0.1) is 4.90 Å². The lowest BCUT2D eigenvalue weighted by atomic mass is 10.1. The lowest BCUT2D eigenvalue weighted by molar-refractivity contribution is -0.134. The molecule has 1 N–H and O–H groups in total. The molecule has 1 atom stereocenters. The fourth-order valence-corrected chi connectivity index (χ4v) is 5.97. The second kappa shape index (κ2) is 9.50. The number of nitrogens with one attached hydrogen (secondary N) is 1. The van der Waals surface area contributed by atoms with E-state index in [0.717, 1.165) is 32.5 Å². The Kier molecular flexibility index (Phi) is 6.74. The minimum atomic E-state index is -3.62. The van der Waals surface area contributed by atoms with Gasteiger partial charge in [0, 0.05) is 43.2 Å². The Balaban J connectivity index is 1.47. The van der Waals surface area contributed by atoms with Gasteiger partial charge in [-0.05, 0) is 30.0 Å². The number of rotatable bonds is 7. The lowest BCUT2D eigenvalue weighted by Crippen LogP contribution is -2.51. The van der Waals surface area contributed by atoms with E-state index in [9.17, 15) is 13.2 Å². The average Bonchev–Trinajstić information content (AvgIpc) is 3.37. The first-order chi connectivity index (χ1) is 15.0. The molecule has 2 aliphatic heterocycles. The number of unbranched alkanes of at least 4 members (excludes halogenated alkanes) is 1. The van der Waals surface area contributed by atoms with Gasteiger partial charge in [0.1, 0.15) is 11.9 Å². The molecule has 2 aromatic rings. The molecule has 0 spiro atoms. The molecule has 7 nitrogen and oxygen atoms in total. The van der Waals surface area contributed by atoms with Crippen LogP contribution in [0.1, 0.15) is 36.6 Å². The van der Waals surface area contributed by atoms with Crippen molar-refractivity contribution in [1.82, 2.24) is 14.5 Å². The SMILES string of the molecule is CCCCC(N=C1NS(=O)(=O)c2ccccc21)C(=O)N1CCN(Cc2cccs2)CC1. The van der Waals surface area contributed by atoms with Gasteiger partial charge in [-0.15, -0.1) is 11.3 Å². The van der Waals surface area contributed by atoms with Crippen LogP contribution in [0.2, 0.25) is 0 Å². The first-order valence-electron chi connectivity index (χ1n) is 10.7. The molecule has 31 heavy (non-hydrogen) atoms. The maximum atomic E-state index is 13.3. The molecule has 0 saturated carbocycles. The summed E-state index contributed by atoms with van der Waals surface area (Å²) in [7, 11) is -3.62. The normalized spacial score (nSPS) is 20.4. The van der Waals surface area contributed by atoms with Crippen LogP contribution in [0, 0.1) is 0 Å². The van der Waals surface area contributed by atoms with Gasteiger partial charge in [-0.25, -0.2) is 8.42 Å². The fourth-order valence-electron chi connectivity index (χ4n) is 3.99. The van der Waals surface area contributed by atoms with E-state index in [0.29, 0.717) is 25.1 Å². The Morgan fingerprint density at radius 2 is 1.94 bits per heavy atom. The first-order valence-corrected chi connectivity index (χ1v) is 13.1. The number of sulfonamides is 1. The molecule has 1 saturated heterocycles. The smallest absolute Gasteiger partial charge is 0.263 e. The molecule has 1 amide bonds. The Morgan fingerprint density at radius 3 is 2.65 bits per heavy atom. The summed E-state index contributed by atoms with van der Waals surface area (Å²) in [5.41, 5.74) is 0.539. The molecule has 3 heterocycles. The highest BCUT2D eigenvalue weighted by molar-refractivity contribution is 7.90. The highest BCUT2D eigenvalue weighted by atomic mass is 32.2. The molecule has 4 rings (SSSR count). The second-order valence-electron chi connectivity index (χ2n) is 7.92. The van der Waals surface area contributed by atoms with Crippen molar-refractivity contribution in [2.24, 2.45) is 4.99 Å². The molecule has 1 aromatic carbocycles. The highest BCUT2D eigenvalue weighted by Crippen LogP contribution is 2.24. The van der Waals surface area contributed by atoms with Crippen LogP contribution >= 0.6 is 11.3 Å². The number of carbonyl (C=O) groups is 1. The van der Waals surface area contributed by atoms with E-state index in [2.05, 4.69) is 39.1 Å². The molecule has 0 aliphatic carbocycles. The number of hydrogen-bond acceptors (Lipinski definition) is 6. The molecule has 0 radical (unpaired) electrons. The van der Waals surface area contributed by atoms with Crippen molar-refractivity contribution >= 4 is 33.1 Å². The van der Waals surface area contributed by atoms with Crippen LogP contribution in [0.15, 0.2) is 51.7 Å². The molecular formula is C22H28N4O3S2. The predicted molar refractivity (Wildman–Crippen MR) is 123 cm³/mol. The third-order valence-corrected chi connectivity index (χ3v) is 7.97. The summed E-state index contributed by atoms with van der Waals surface area (Å²) in [6.07, 6.45) is 2.42. The van der Waals surface area contributed by atoms with E-state index in [4.69, 9.17) is 0 Å². The molecule has 166 valence electrons. The van der Waals surface area contributed by atoms with E-state index >= 15 is 0 Å². The largest absolute Gasteiger partial charge is 0.338 e. The summed E-state index contributed by atoms with van der Waals surface area (Å²) < 4.78 is 27.3. The number of fused-ring (bicyclic) bond motifs is 1. The summed E-state index contributed by atoms with van der Waals surface area (Å²) in [5, 5.41) is 2.09. The number of hydrogen-bond donors (Lipinski definition) is 1. The standard InChI is InChI=1S/C22H28N4O3S2/c1-2-3-9-19(23-21-18-8-4-5-10-20(18)31(28,29)24-21)22(27)26-13-11-25(12-14-26)16-17-7-6-15-30-17/h4-8,10,15,19H,2-3,9,11-14,16H2,1H3,(H,23,24). The topological polar surface area (TPSA) is 82.1 Å². The molecule has 1 fully saturated rings. The third-order valence-electron chi connectivity index (χ3n) is 5.71. The number of aliphatic imine (C=N–C) groups is 1. The minimum Gasteiger partial charge on any atom is -0.338 e. The Bertz CT molecular complexity index is 1040. The van der Waals surface area contributed by atoms with Gasteiger partial charge in [0.25, 0.3) is 10.0 Å². The monoisotopic (exact) mass is 460 g/mol. The van der Waals surface area contributed by atoms with Crippen molar-refractivity contribution in [2.75, 3.05) is 26.2 Å². The van der Waals surface area contributed by atoms with Gasteiger partial charge in [-0.3, -0.25) is 19.4 Å². The number of benzene rings is 1. The van der Waals surface area contributed by atoms with Gasteiger partial charge < -0.3 is 4.90 Å². The van der Waals surface area contributed by atoms with Gasteiger partial charge in [0.15, 0.2) is 0 Å². The van der Waals surface area contributed by atoms with Gasteiger partial charge in [-0.2, -0.15) is 0 Å². The summed E-state index contributed by atoms with van der Waals surface area (Å²) in [5.74, 6) is 0.265. The lowest BCUT2D eigenvalue weighted by Gasteiger charge is -2.35. The molecule has 0 bridgehead atoms. The fraction of sp³-hybridized carbons (Fsp3) is 0.455. The van der Waals surface area contributed by atoms with Crippen LogP contribution < -0.4 is 4.72 Å². The zero-order chi connectivity index (χ0) is 21.8. The number of amides is 1. The molecule has 1 unspecified atom stereocenters. The zero-order valence-corrected chi connectivity index (χ0v) is 19.3. The Labute approximate surface area is 187 Å². The van der Waals surface area contributed by atoms with Crippen molar-refractivity contribution in [2.45, 2.75) is 43.7 Å². The van der Waals surface area contributed by atoms with Crippen LogP contribution in [0.4, 0.5) is 0 Å². The van der Waals surface area contributed by atoms with Crippen molar-refractivity contribution in [3.63, 3.8) is 0 Å². The maximum absolute atomic E-state index is 13.3. The summed E-state index contributed by atoms with van der Waals surface area (Å²) >= 11 is 1.75. The highest BCUT2D eigenvalue weighted by Gasteiger charge is 2.33. The van der Waals surface area contributed by atoms with Gasteiger partial charge in [-0.1, -0.05) is 38.0 Å². The van der Waals surface area contributed by atoms with Crippen LogP contribution in [-0.4, -0.2) is 62.2 Å².